The second kappa shape index (κ2) is 3.69. The lowest BCUT2D eigenvalue weighted by atomic mass is 10.5. The summed E-state index contributed by atoms with van der Waals surface area (Å²) in [6.07, 6.45) is 0. The molecule has 0 bridgehead atoms. The van der Waals surface area contributed by atoms with E-state index in [1.54, 1.807) is 18.4 Å². The Morgan fingerprint density at radius 1 is 1.64 bits per heavy atom. The minimum Gasteiger partial charge on any atom is -0.378 e. The minimum atomic E-state index is 0.604. The minimum absolute atomic E-state index is 0.604. The first-order chi connectivity index (χ1) is 5.27. The number of rotatable bonds is 3. The van der Waals surface area contributed by atoms with Crippen molar-refractivity contribution in [2.45, 2.75) is 13.5 Å². The molecular weight excluding hydrogens is 160 g/mol. The van der Waals surface area contributed by atoms with Crippen molar-refractivity contribution in [3.63, 3.8) is 0 Å². The van der Waals surface area contributed by atoms with E-state index >= 15 is 0 Å². The van der Waals surface area contributed by atoms with Gasteiger partial charge in [-0.2, -0.15) is 0 Å². The van der Waals surface area contributed by atoms with Crippen LogP contribution in [0.5, 0.6) is 0 Å². The van der Waals surface area contributed by atoms with Gasteiger partial charge in [0.25, 0.3) is 0 Å². The van der Waals surface area contributed by atoms with Crippen LogP contribution in [0.1, 0.15) is 10.7 Å². The first-order valence-electron chi connectivity index (χ1n) is 3.41. The summed E-state index contributed by atoms with van der Waals surface area (Å²) >= 11 is 1.64. The number of aryl methyl sites for hydroxylation is 1. The molecule has 11 heavy (non-hydrogen) atoms. The quantitative estimate of drug-likeness (QED) is 0.752. The van der Waals surface area contributed by atoms with Gasteiger partial charge >= 0.3 is 0 Å². The molecule has 1 aromatic rings. The second-order valence-electron chi connectivity index (χ2n) is 2.21. The molecule has 1 N–H and O–H groups in total. The second-order valence-corrected chi connectivity index (χ2v) is 3.29. The topological polar surface area (TPSA) is 34.1 Å². The maximum atomic E-state index is 4.96. The number of aromatic nitrogens is 1. The molecule has 0 aliphatic carbocycles. The predicted octanol–water partition coefficient (Wildman–Crippen LogP) is 1.64. The molecular formula is C7H12N2OS. The third-order valence-corrected chi connectivity index (χ3v) is 2.48. The van der Waals surface area contributed by atoms with Crippen LogP contribution in [-0.2, 0) is 11.3 Å². The average Bonchev–Trinajstić information content (AvgIpc) is 2.32. The number of ether oxygens (including phenoxy) is 1. The van der Waals surface area contributed by atoms with Gasteiger partial charge in [-0.05, 0) is 6.92 Å². The summed E-state index contributed by atoms with van der Waals surface area (Å²) in [5.41, 5.74) is 1.05. The fourth-order valence-corrected chi connectivity index (χ4v) is 1.76. The van der Waals surface area contributed by atoms with E-state index in [4.69, 9.17) is 4.74 Å². The van der Waals surface area contributed by atoms with Crippen molar-refractivity contribution < 1.29 is 4.74 Å². The van der Waals surface area contributed by atoms with Gasteiger partial charge in [0.2, 0.25) is 0 Å². The van der Waals surface area contributed by atoms with Crippen LogP contribution in [-0.4, -0.2) is 19.1 Å². The molecule has 0 amide bonds. The Balaban J connectivity index is 2.77. The number of nitrogens with zero attached hydrogens (tertiary/aromatic N) is 1. The van der Waals surface area contributed by atoms with Gasteiger partial charge in [-0.3, -0.25) is 0 Å². The summed E-state index contributed by atoms with van der Waals surface area (Å²) in [4.78, 5) is 4.30. The number of methoxy groups -OCH3 is 1. The summed E-state index contributed by atoms with van der Waals surface area (Å²) in [5, 5.41) is 5.22. The monoisotopic (exact) mass is 172 g/mol. The van der Waals surface area contributed by atoms with Crippen molar-refractivity contribution in [2.24, 2.45) is 0 Å². The molecule has 1 heterocycles. The molecule has 0 atom stereocenters. The van der Waals surface area contributed by atoms with Gasteiger partial charge in [0.05, 0.1) is 12.3 Å². The number of thiazole rings is 1. The standard InChI is InChI=1S/C7H12N2OS/c1-5-7(8-2)11-6(9-5)4-10-3/h8H,4H2,1-3H3. The van der Waals surface area contributed by atoms with E-state index < -0.39 is 0 Å². The third kappa shape index (κ3) is 1.91. The molecule has 1 aromatic heterocycles. The third-order valence-electron chi connectivity index (χ3n) is 1.34. The number of hydrogen-bond acceptors (Lipinski definition) is 4. The highest BCUT2D eigenvalue weighted by Gasteiger charge is 2.04. The molecule has 4 heteroatoms. The average molecular weight is 172 g/mol. The molecule has 0 radical (unpaired) electrons. The molecule has 0 aromatic carbocycles. The van der Waals surface area contributed by atoms with Gasteiger partial charge in [-0.25, -0.2) is 4.98 Å². The zero-order valence-corrected chi connectivity index (χ0v) is 7.79. The Labute approximate surface area is 70.4 Å². The predicted molar refractivity (Wildman–Crippen MR) is 47.1 cm³/mol. The van der Waals surface area contributed by atoms with Gasteiger partial charge < -0.3 is 10.1 Å². The van der Waals surface area contributed by atoms with Crippen LogP contribution < -0.4 is 5.32 Å². The van der Waals surface area contributed by atoms with Crippen LogP contribution >= 0.6 is 11.3 Å². The molecule has 0 spiro atoms. The van der Waals surface area contributed by atoms with Crippen molar-refractivity contribution in [1.29, 1.82) is 0 Å². The summed E-state index contributed by atoms with van der Waals surface area (Å²) in [6, 6.07) is 0. The lowest BCUT2D eigenvalue weighted by molar-refractivity contribution is 0.184. The lowest BCUT2D eigenvalue weighted by Gasteiger charge is -1.91. The zero-order chi connectivity index (χ0) is 8.27. The summed E-state index contributed by atoms with van der Waals surface area (Å²) in [6.45, 7) is 2.59. The van der Waals surface area contributed by atoms with Gasteiger partial charge in [0.15, 0.2) is 0 Å². The molecule has 1 rings (SSSR count). The lowest BCUT2D eigenvalue weighted by Crippen LogP contribution is -1.86. The normalized spacial score (nSPS) is 10.1. The van der Waals surface area contributed by atoms with Crippen LogP contribution in [0.25, 0.3) is 0 Å². The fourth-order valence-electron chi connectivity index (χ4n) is 0.869. The van der Waals surface area contributed by atoms with Crippen molar-refractivity contribution >= 4 is 16.3 Å². The smallest absolute Gasteiger partial charge is 0.121 e. The summed E-state index contributed by atoms with van der Waals surface area (Å²) in [7, 11) is 3.58. The van der Waals surface area contributed by atoms with Crippen molar-refractivity contribution in [1.82, 2.24) is 4.98 Å². The van der Waals surface area contributed by atoms with E-state index in [-0.39, 0.29) is 0 Å². The fraction of sp³-hybridized carbons (Fsp3) is 0.571. The van der Waals surface area contributed by atoms with Crippen molar-refractivity contribution in [3.05, 3.63) is 10.7 Å². The van der Waals surface area contributed by atoms with Gasteiger partial charge in [-0.1, -0.05) is 11.3 Å². The van der Waals surface area contributed by atoms with E-state index in [2.05, 4.69) is 10.3 Å². The highest BCUT2D eigenvalue weighted by Crippen LogP contribution is 2.23. The van der Waals surface area contributed by atoms with E-state index in [0.717, 1.165) is 15.7 Å². The molecule has 0 saturated heterocycles. The highest BCUT2D eigenvalue weighted by atomic mass is 32.1. The van der Waals surface area contributed by atoms with Gasteiger partial charge in [0.1, 0.15) is 10.0 Å². The molecule has 0 aliphatic rings. The van der Waals surface area contributed by atoms with Crippen molar-refractivity contribution in [2.75, 3.05) is 19.5 Å². The van der Waals surface area contributed by atoms with Crippen LogP contribution in [0.4, 0.5) is 5.00 Å². The SMILES string of the molecule is CNc1sc(COC)nc1C. The molecule has 0 aliphatic heterocycles. The Morgan fingerprint density at radius 2 is 2.36 bits per heavy atom. The Kier molecular flexibility index (Phi) is 2.84. The molecule has 3 nitrogen and oxygen atoms in total. The van der Waals surface area contributed by atoms with E-state index in [9.17, 15) is 0 Å². The number of nitrogens with one attached hydrogen (secondary N) is 1. The maximum absolute atomic E-state index is 4.96. The van der Waals surface area contributed by atoms with Gasteiger partial charge in [-0.15, -0.1) is 0 Å². The van der Waals surface area contributed by atoms with E-state index in [1.165, 1.54) is 0 Å². The number of anilines is 1. The van der Waals surface area contributed by atoms with E-state index in [1.807, 2.05) is 14.0 Å². The number of hydrogen-bond donors (Lipinski definition) is 1. The van der Waals surface area contributed by atoms with Crippen LogP contribution in [0.2, 0.25) is 0 Å². The molecule has 0 saturated carbocycles. The first kappa shape index (κ1) is 8.49. The summed E-state index contributed by atoms with van der Waals surface area (Å²) in [5.74, 6) is 0. The summed E-state index contributed by atoms with van der Waals surface area (Å²) < 4.78 is 4.96. The Bertz CT molecular complexity index is 234. The largest absolute Gasteiger partial charge is 0.378 e. The molecule has 0 unspecified atom stereocenters. The van der Waals surface area contributed by atoms with Crippen LogP contribution in [0.3, 0.4) is 0 Å². The van der Waals surface area contributed by atoms with Gasteiger partial charge in [0, 0.05) is 14.2 Å². The van der Waals surface area contributed by atoms with Crippen LogP contribution in [0.15, 0.2) is 0 Å². The Hall–Kier alpha value is -0.610. The highest BCUT2D eigenvalue weighted by molar-refractivity contribution is 7.15. The van der Waals surface area contributed by atoms with Crippen LogP contribution in [0, 0.1) is 6.92 Å². The Morgan fingerprint density at radius 3 is 2.82 bits per heavy atom. The molecule has 62 valence electrons. The van der Waals surface area contributed by atoms with E-state index in [0.29, 0.717) is 6.61 Å². The zero-order valence-electron chi connectivity index (χ0n) is 6.97. The maximum Gasteiger partial charge on any atom is 0.121 e. The molecule has 0 fully saturated rings. The van der Waals surface area contributed by atoms with Crippen molar-refractivity contribution in [3.8, 4) is 0 Å². The first-order valence-corrected chi connectivity index (χ1v) is 4.22.